The van der Waals surface area contributed by atoms with Crippen LogP contribution in [0.2, 0.25) is 0 Å². The van der Waals surface area contributed by atoms with Crippen LogP contribution in [-0.2, 0) is 19.1 Å². The Labute approximate surface area is 440 Å². The van der Waals surface area contributed by atoms with Gasteiger partial charge in [0, 0.05) is 12.8 Å². The van der Waals surface area contributed by atoms with E-state index in [0.717, 1.165) is 89.9 Å². The van der Waals surface area contributed by atoms with Gasteiger partial charge in [0.1, 0.15) is 6.61 Å². The van der Waals surface area contributed by atoms with Crippen molar-refractivity contribution in [3.8, 4) is 0 Å². The van der Waals surface area contributed by atoms with Crippen molar-refractivity contribution in [2.45, 2.75) is 296 Å². The lowest BCUT2D eigenvalue weighted by molar-refractivity contribution is -0.161. The van der Waals surface area contributed by atoms with Crippen molar-refractivity contribution in [3.05, 3.63) is 97.2 Å². The summed E-state index contributed by atoms with van der Waals surface area (Å²) in [4.78, 5) is 24.5. The summed E-state index contributed by atoms with van der Waals surface area (Å²) in [5.74, 6) is -0.581. The highest BCUT2D eigenvalue weighted by molar-refractivity contribution is 5.70. The van der Waals surface area contributed by atoms with Crippen LogP contribution in [0, 0.1) is 0 Å². The fourth-order valence-corrected chi connectivity index (χ4v) is 8.63. The van der Waals surface area contributed by atoms with Gasteiger partial charge in [-0.2, -0.15) is 0 Å². The SMILES string of the molecule is CC/C=C\C/C=C\C/C=C\C/C=C\C/C=C\C/C=C\C/C=C\C/C=C\CCCCCCCCCCCCCCCCC(=O)OC(CO)COC(=O)CCCCCCCCCCCCCCCCCCCC. The summed E-state index contributed by atoms with van der Waals surface area (Å²) < 4.78 is 10.7. The molecule has 0 radical (unpaired) electrons. The van der Waals surface area contributed by atoms with Gasteiger partial charge in [0.2, 0.25) is 0 Å². The zero-order valence-electron chi connectivity index (χ0n) is 46.7. The Morgan fingerprint density at radius 3 is 0.915 bits per heavy atom. The van der Waals surface area contributed by atoms with E-state index in [4.69, 9.17) is 9.47 Å². The van der Waals surface area contributed by atoms with Crippen LogP contribution in [0.1, 0.15) is 290 Å². The molecule has 0 amide bonds. The summed E-state index contributed by atoms with van der Waals surface area (Å²) in [6, 6.07) is 0. The number of ether oxygens (including phenoxy) is 2. The molecule has 0 aromatic carbocycles. The van der Waals surface area contributed by atoms with Gasteiger partial charge in [-0.05, 0) is 77.0 Å². The van der Waals surface area contributed by atoms with Gasteiger partial charge in [-0.1, -0.05) is 297 Å². The summed E-state index contributed by atoms with van der Waals surface area (Å²) in [6.07, 6.45) is 86.8. The van der Waals surface area contributed by atoms with E-state index >= 15 is 0 Å². The van der Waals surface area contributed by atoms with E-state index < -0.39 is 6.10 Å². The smallest absolute Gasteiger partial charge is 0.306 e. The van der Waals surface area contributed by atoms with Crippen molar-refractivity contribution in [2.24, 2.45) is 0 Å². The number of unbranched alkanes of at least 4 members (excludes halogenated alkanes) is 31. The van der Waals surface area contributed by atoms with Gasteiger partial charge in [0.15, 0.2) is 6.10 Å². The van der Waals surface area contributed by atoms with Crippen LogP contribution in [-0.4, -0.2) is 36.4 Å². The lowest BCUT2D eigenvalue weighted by Crippen LogP contribution is -2.28. The molecule has 1 unspecified atom stereocenters. The molecule has 0 spiro atoms. The molecule has 0 heterocycles. The number of carbonyl (C=O) groups is 2. The lowest BCUT2D eigenvalue weighted by Gasteiger charge is -2.15. The Morgan fingerprint density at radius 2 is 0.606 bits per heavy atom. The first-order chi connectivity index (χ1) is 35.1. The van der Waals surface area contributed by atoms with Crippen LogP contribution in [0.5, 0.6) is 0 Å². The van der Waals surface area contributed by atoms with Crippen molar-refractivity contribution < 1.29 is 24.2 Å². The first kappa shape index (κ1) is 67.8. The monoisotopic (exact) mass is 987 g/mol. The Balaban J connectivity index is 3.50. The van der Waals surface area contributed by atoms with Crippen molar-refractivity contribution in [2.75, 3.05) is 13.2 Å². The summed E-state index contributed by atoms with van der Waals surface area (Å²) >= 11 is 0. The topological polar surface area (TPSA) is 72.8 Å². The van der Waals surface area contributed by atoms with Crippen LogP contribution >= 0.6 is 0 Å². The summed E-state index contributed by atoms with van der Waals surface area (Å²) in [6.45, 7) is 4.05. The molecule has 0 fully saturated rings. The molecule has 0 bridgehead atoms. The lowest BCUT2D eigenvalue weighted by atomic mass is 10.0. The fraction of sp³-hybridized carbons (Fsp3) is 0.727. The van der Waals surface area contributed by atoms with Gasteiger partial charge < -0.3 is 14.6 Å². The fourth-order valence-electron chi connectivity index (χ4n) is 8.63. The number of carbonyl (C=O) groups excluding carboxylic acids is 2. The third kappa shape index (κ3) is 59.3. The van der Waals surface area contributed by atoms with E-state index in [0.29, 0.717) is 12.8 Å². The largest absolute Gasteiger partial charge is 0.462 e. The maximum absolute atomic E-state index is 12.3. The van der Waals surface area contributed by atoms with Crippen LogP contribution in [0.25, 0.3) is 0 Å². The van der Waals surface area contributed by atoms with E-state index in [2.05, 4.69) is 111 Å². The number of aliphatic hydroxyl groups is 1. The number of allylic oxidation sites excluding steroid dienone is 16. The zero-order chi connectivity index (χ0) is 51.3. The molecule has 0 rings (SSSR count). The molecular formula is C66H114O5. The van der Waals surface area contributed by atoms with Gasteiger partial charge in [-0.15, -0.1) is 0 Å². The molecule has 408 valence electrons. The highest BCUT2D eigenvalue weighted by atomic mass is 16.6. The first-order valence-electron chi connectivity index (χ1n) is 30.3. The molecule has 5 heteroatoms. The molecule has 5 nitrogen and oxygen atoms in total. The van der Waals surface area contributed by atoms with Gasteiger partial charge in [-0.3, -0.25) is 9.59 Å². The first-order valence-corrected chi connectivity index (χ1v) is 30.3. The quantitative estimate of drug-likeness (QED) is 0.0373. The van der Waals surface area contributed by atoms with Crippen LogP contribution in [0.3, 0.4) is 0 Å². The van der Waals surface area contributed by atoms with Crippen molar-refractivity contribution in [1.82, 2.24) is 0 Å². The standard InChI is InChI=1S/C66H114O5/c1-3-5-7-9-11-13-15-17-19-21-23-24-25-26-27-28-29-30-31-32-33-34-35-36-37-38-39-40-41-42-43-45-47-49-51-53-55-57-59-61-66(69)71-64(62-67)63-70-65(68)60-58-56-54-52-50-48-46-44-22-20-18-16-14-12-10-8-6-4-2/h5,7,11,13,17,19,23-24,26-27,29-30,32-33,35-36,64,67H,3-4,6,8-10,12,14-16,18,20-22,25,28,31,34,37-63H2,1-2H3/b7-5-,13-11-,19-17-,24-23-,27-26-,30-29-,33-32-,36-35-. The molecule has 0 saturated heterocycles. The van der Waals surface area contributed by atoms with E-state index in [1.165, 1.54) is 173 Å². The third-order valence-electron chi connectivity index (χ3n) is 13.1. The molecular weight excluding hydrogens is 873 g/mol. The summed E-state index contributed by atoms with van der Waals surface area (Å²) in [5, 5.41) is 9.66. The Kier molecular flexibility index (Phi) is 58.4. The molecule has 71 heavy (non-hydrogen) atoms. The second-order valence-electron chi connectivity index (χ2n) is 20.1. The number of rotatable bonds is 55. The second-order valence-corrected chi connectivity index (χ2v) is 20.1. The number of hydrogen-bond acceptors (Lipinski definition) is 5. The van der Waals surface area contributed by atoms with Gasteiger partial charge in [0.05, 0.1) is 6.61 Å². The predicted octanol–water partition coefficient (Wildman–Crippen LogP) is 20.7. The van der Waals surface area contributed by atoms with Gasteiger partial charge in [0.25, 0.3) is 0 Å². The molecule has 0 aliphatic carbocycles. The van der Waals surface area contributed by atoms with Crippen LogP contribution in [0.15, 0.2) is 97.2 Å². The molecule has 0 aromatic heterocycles. The highest BCUT2D eigenvalue weighted by Gasteiger charge is 2.16. The number of esters is 2. The molecule has 0 aromatic rings. The van der Waals surface area contributed by atoms with Crippen molar-refractivity contribution in [1.29, 1.82) is 0 Å². The number of hydrogen-bond donors (Lipinski definition) is 1. The third-order valence-corrected chi connectivity index (χ3v) is 13.1. The summed E-state index contributed by atoms with van der Waals surface area (Å²) in [7, 11) is 0. The maximum atomic E-state index is 12.3. The molecule has 0 saturated carbocycles. The minimum atomic E-state index is -0.774. The van der Waals surface area contributed by atoms with Gasteiger partial charge >= 0.3 is 11.9 Å². The minimum Gasteiger partial charge on any atom is -0.462 e. The van der Waals surface area contributed by atoms with Crippen molar-refractivity contribution in [3.63, 3.8) is 0 Å². The average molecular weight is 988 g/mol. The molecule has 1 atom stereocenters. The maximum Gasteiger partial charge on any atom is 0.306 e. The van der Waals surface area contributed by atoms with Crippen LogP contribution in [0.4, 0.5) is 0 Å². The van der Waals surface area contributed by atoms with E-state index in [-0.39, 0.29) is 25.2 Å². The minimum absolute atomic E-state index is 0.0648. The van der Waals surface area contributed by atoms with Crippen LogP contribution < -0.4 is 0 Å². The van der Waals surface area contributed by atoms with E-state index in [1.807, 2.05) is 0 Å². The van der Waals surface area contributed by atoms with Crippen molar-refractivity contribution >= 4 is 11.9 Å². The summed E-state index contributed by atoms with van der Waals surface area (Å²) in [5.41, 5.74) is 0. The number of aliphatic hydroxyl groups excluding tert-OH is 1. The predicted molar refractivity (Wildman–Crippen MR) is 311 cm³/mol. The Bertz CT molecular complexity index is 1350. The molecule has 1 N–H and O–H groups in total. The van der Waals surface area contributed by atoms with E-state index in [1.54, 1.807) is 0 Å². The average Bonchev–Trinajstić information content (AvgIpc) is 3.37. The second kappa shape index (κ2) is 61.1. The Hall–Kier alpha value is -3.18. The Morgan fingerprint density at radius 1 is 0.338 bits per heavy atom. The molecule has 0 aliphatic heterocycles. The normalized spacial score (nSPS) is 12.9. The highest BCUT2D eigenvalue weighted by Crippen LogP contribution is 2.17. The molecule has 0 aliphatic rings. The zero-order valence-corrected chi connectivity index (χ0v) is 46.7. The van der Waals surface area contributed by atoms with E-state index in [9.17, 15) is 14.7 Å². The van der Waals surface area contributed by atoms with Gasteiger partial charge in [-0.25, -0.2) is 0 Å².